The number of carboxylic acid groups (broad SMARTS) is 1. The van der Waals surface area contributed by atoms with E-state index in [0.717, 1.165) is 0 Å². The number of rotatable bonds is 6. The van der Waals surface area contributed by atoms with Crippen molar-refractivity contribution in [1.82, 2.24) is 9.88 Å². The minimum atomic E-state index is -1.10. The van der Waals surface area contributed by atoms with Gasteiger partial charge in [-0.05, 0) is 24.6 Å². The van der Waals surface area contributed by atoms with Gasteiger partial charge in [0.15, 0.2) is 0 Å². The SMILES string of the molecule is CCCN(CC(=O)O)C(=O)c1cc2c(OC)ccc(F)c2[nH]1. The van der Waals surface area contributed by atoms with Gasteiger partial charge in [0.25, 0.3) is 5.91 Å². The molecule has 2 N–H and O–H groups in total. The Hall–Kier alpha value is -2.57. The van der Waals surface area contributed by atoms with Crippen molar-refractivity contribution in [1.29, 1.82) is 0 Å². The molecule has 6 nitrogen and oxygen atoms in total. The number of aliphatic carboxylic acids is 1. The minimum absolute atomic E-state index is 0.133. The average Bonchev–Trinajstić information content (AvgIpc) is 2.92. The summed E-state index contributed by atoms with van der Waals surface area (Å²) in [4.78, 5) is 27.2. The lowest BCUT2D eigenvalue weighted by Gasteiger charge is -2.18. The lowest BCUT2D eigenvalue weighted by Crippen LogP contribution is -2.36. The van der Waals surface area contributed by atoms with E-state index in [0.29, 0.717) is 24.1 Å². The van der Waals surface area contributed by atoms with E-state index in [-0.39, 0.29) is 11.2 Å². The van der Waals surface area contributed by atoms with Gasteiger partial charge >= 0.3 is 5.97 Å². The van der Waals surface area contributed by atoms with Crippen molar-refractivity contribution in [3.8, 4) is 5.75 Å². The van der Waals surface area contributed by atoms with Crippen LogP contribution in [0.2, 0.25) is 0 Å². The van der Waals surface area contributed by atoms with E-state index in [1.165, 1.54) is 30.2 Å². The van der Waals surface area contributed by atoms with Crippen LogP contribution in [0, 0.1) is 5.82 Å². The number of fused-ring (bicyclic) bond motifs is 1. The number of ether oxygens (including phenoxy) is 1. The molecule has 0 unspecified atom stereocenters. The Morgan fingerprint density at radius 2 is 2.14 bits per heavy atom. The molecule has 0 fully saturated rings. The van der Waals surface area contributed by atoms with Crippen molar-refractivity contribution in [2.45, 2.75) is 13.3 Å². The van der Waals surface area contributed by atoms with Gasteiger partial charge in [-0.1, -0.05) is 6.92 Å². The number of H-pyrrole nitrogens is 1. The van der Waals surface area contributed by atoms with Crippen LogP contribution in [0.25, 0.3) is 10.9 Å². The van der Waals surface area contributed by atoms with Crippen LogP contribution >= 0.6 is 0 Å². The van der Waals surface area contributed by atoms with Gasteiger partial charge in [-0.3, -0.25) is 9.59 Å². The zero-order valence-corrected chi connectivity index (χ0v) is 12.4. The summed E-state index contributed by atoms with van der Waals surface area (Å²) in [5.74, 6) is -1.65. The van der Waals surface area contributed by atoms with Crippen LogP contribution in [0.4, 0.5) is 4.39 Å². The summed E-state index contributed by atoms with van der Waals surface area (Å²) in [6.45, 7) is 1.75. The number of carboxylic acids is 1. The van der Waals surface area contributed by atoms with Crippen molar-refractivity contribution in [2.24, 2.45) is 0 Å². The number of nitrogens with zero attached hydrogens (tertiary/aromatic N) is 1. The van der Waals surface area contributed by atoms with Crippen LogP contribution in [0.5, 0.6) is 5.75 Å². The number of benzene rings is 1. The number of hydrogen-bond acceptors (Lipinski definition) is 3. The Morgan fingerprint density at radius 1 is 1.41 bits per heavy atom. The van der Waals surface area contributed by atoms with Gasteiger partial charge in [0.2, 0.25) is 0 Å². The summed E-state index contributed by atoms with van der Waals surface area (Å²) >= 11 is 0. The summed E-state index contributed by atoms with van der Waals surface area (Å²) in [7, 11) is 1.45. The van der Waals surface area contributed by atoms with Crippen molar-refractivity contribution < 1.29 is 23.8 Å². The standard InChI is InChI=1S/C15H17FN2O4/c1-3-6-18(8-13(19)20)15(21)11-7-9-12(22-2)5-4-10(16)14(9)17-11/h4-5,7,17H,3,6,8H2,1-2H3,(H,19,20). The highest BCUT2D eigenvalue weighted by atomic mass is 19.1. The van der Waals surface area contributed by atoms with E-state index in [2.05, 4.69) is 4.98 Å². The summed E-state index contributed by atoms with van der Waals surface area (Å²) in [6, 6.07) is 4.19. The third-order valence-electron chi connectivity index (χ3n) is 3.26. The first-order valence-electron chi connectivity index (χ1n) is 6.84. The highest BCUT2D eigenvalue weighted by Gasteiger charge is 2.21. The Bertz CT molecular complexity index is 711. The van der Waals surface area contributed by atoms with Crippen LogP contribution < -0.4 is 4.74 Å². The van der Waals surface area contributed by atoms with Crippen molar-refractivity contribution in [3.05, 3.63) is 29.7 Å². The quantitative estimate of drug-likeness (QED) is 0.857. The molecule has 2 rings (SSSR count). The molecule has 2 aromatic rings. The highest BCUT2D eigenvalue weighted by molar-refractivity contribution is 6.00. The lowest BCUT2D eigenvalue weighted by atomic mass is 10.2. The second-order valence-electron chi connectivity index (χ2n) is 4.84. The van der Waals surface area contributed by atoms with Gasteiger partial charge in [0.05, 0.1) is 12.6 Å². The van der Waals surface area contributed by atoms with Crippen LogP contribution in [0.15, 0.2) is 18.2 Å². The van der Waals surface area contributed by atoms with Crippen LogP contribution in [-0.4, -0.2) is 47.1 Å². The molecule has 0 saturated heterocycles. The first-order chi connectivity index (χ1) is 10.5. The van der Waals surface area contributed by atoms with Gasteiger partial charge in [-0.2, -0.15) is 0 Å². The lowest BCUT2D eigenvalue weighted by molar-refractivity contribution is -0.137. The van der Waals surface area contributed by atoms with Crippen molar-refractivity contribution >= 4 is 22.8 Å². The van der Waals surface area contributed by atoms with E-state index in [9.17, 15) is 14.0 Å². The molecule has 0 aliphatic rings. The van der Waals surface area contributed by atoms with Gasteiger partial charge < -0.3 is 19.7 Å². The number of aromatic amines is 1. The number of halogens is 1. The molecule has 1 aromatic heterocycles. The zero-order chi connectivity index (χ0) is 16.3. The van der Waals surface area contributed by atoms with Crippen LogP contribution in [0.3, 0.4) is 0 Å². The van der Waals surface area contributed by atoms with Gasteiger partial charge in [0.1, 0.15) is 23.8 Å². The Kier molecular flexibility index (Phi) is 4.65. The first kappa shape index (κ1) is 15.8. The molecule has 0 aliphatic carbocycles. The topological polar surface area (TPSA) is 82.6 Å². The molecule has 0 bridgehead atoms. The zero-order valence-electron chi connectivity index (χ0n) is 12.4. The normalized spacial score (nSPS) is 10.7. The predicted octanol–water partition coefficient (Wildman–Crippen LogP) is 2.25. The number of carbonyl (C=O) groups excluding carboxylic acids is 1. The molecule has 1 amide bonds. The van der Waals surface area contributed by atoms with E-state index < -0.39 is 24.2 Å². The summed E-state index contributed by atoms with van der Waals surface area (Å²) in [5, 5.41) is 9.33. The largest absolute Gasteiger partial charge is 0.496 e. The minimum Gasteiger partial charge on any atom is -0.496 e. The fourth-order valence-electron chi connectivity index (χ4n) is 2.31. The summed E-state index contributed by atoms with van der Waals surface area (Å²) < 4.78 is 19.0. The van der Waals surface area contributed by atoms with Crippen molar-refractivity contribution in [3.63, 3.8) is 0 Å². The molecule has 0 aliphatic heterocycles. The monoisotopic (exact) mass is 308 g/mol. The summed E-state index contributed by atoms with van der Waals surface area (Å²) in [5.41, 5.74) is 0.294. The molecule has 0 saturated carbocycles. The molecule has 1 aromatic carbocycles. The maximum absolute atomic E-state index is 13.8. The molecule has 1 heterocycles. The number of amides is 1. The first-order valence-corrected chi connectivity index (χ1v) is 6.84. The predicted molar refractivity (Wildman–Crippen MR) is 78.6 cm³/mol. The second kappa shape index (κ2) is 6.46. The molecule has 7 heteroatoms. The van der Waals surface area contributed by atoms with E-state index >= 15 is 0 Å². The number of hydrogen-bond donors (Lipinski definition) is 2. The van der Waals surface area contributed by atoms with Crippen molar-refractivity contribution in [2.75, 3.05) is 20.2 Å². The van der Waals surface area contributed by atoms with E-state index in [1.807, 2.05) is 6.92 Å². The Labute approximate surface area is 126 Å². The fraction of sp³-hybridized carbons (Fsp3) is 0.333. The smallest absolute Gasteiger partial charge is 0.323 e. The maximum Gasteiger partial charge on any atom is 0.323 e. The Balaban J connectivity index is 2.42. The van der Waals surface area contributed by atoms with E-state index in [1.54, 1.807) is 0 Å². The molecular formula is C15H17FN2O4. The van der Waals surface area contributed by atoms with Gasteiger partial charge in [0, 0.05) is 11.9 Å². The second-order valence-corrected chi connectivity index (χ2v) is 4.84. The number of nitrogens with one attached hydrogen (secondary N) is 1. The maximum atomic E-state index is 13.8. The van der Waals surface area contributed by atoms with Gasteiger partial charge in [-0.15, -0.1) is 0 Å². The molecule has 22 heavy (non-hydrogen) atoms. The molecule has 0 atom stereocenters. The molecular weight excluding hydrogens is 291 g/mol. The molecule has 0 radical (unpaired) electrons. The number of aromatic nitrogens is 1. The van der Waals surface area contributed by atoms with E-state index in [4.69, 9.17) is 9.84 Å². The van der Waals surface area contributed by atoms with Crippen LogP contribution in [0.1, 0.15) is 23.8 Å². The van der Waals surface area contributed by atoms with Crippen LogP contribution in [-0.2, 0) is 4.79 Å². The average molecular weight is 308 g/mol. The summed E-state index contributed by atoms with van der Waals surface area (Å²) in [6.07, 6.45) is 0.622. The molecule has 0 spiro atoms. The third-order valence-corrected chi connectivity index (χ3v) is 3.26. The Morgan fingerprint density at radius 3 is 2.73 bits per heavy atom. The third kappa shape index (κ3) is 3.03. The highest BCUT2D eigenvalue weighted by Crippen LogP contribution is 2.28. The van der Waals surface area contributed by atoms with Gasteiger partial charge in [-0.25, -0.2) is 4.39 Å². The number of methoxy groups -OCH3 is 1. The number of carbonyl (C=O) groups is 2. The fourth-order valence-corrected chi connectivity index (χ4v) is 2.31. The molecule has 118 valence electrons.